The van der Waals surface area contributed by atoms with Gasteiger partial charge < -0.3 is 14.6 Å². The molecule has 6 nitrogen and oxygen atoms in total. The summed E-state index contributed by atoms with van der Waals surface area (Å²) in [6.07, 6.45) is 0.447. The van der Waals surface area contributed by atoms with Gasteiger partial charge in [-0.25, -0.2) is 0 Å². The number of anilines is 1. The molecule has 1 saturated heterocycles. The lowest BCUT2D eigenvalue weighted by atomic mass is 10.2. The van der Waals surface area contributed by atoms with Crippen molar-refractivity contribution in [3.63, 3.8) is 0 Å². The van der Waals surface area contributed by atoms with Crippen LogP contribution in [0.5, 0.6) is 0 Å². The highest BCUT2D eigenvalue weighted by atomic mass is 16.3. The maximum atomic E-state index is 12.6. The number of furan rings is 1. The molecule has 1 N–H and O–H groups in total. The zero-order valence-corrected chi connectivity index (χ0v) is 15.3. The van der Waals surface area contributed by atoms with E-state index in [0.29, 0.717) is 37.4 Å². The van der Waals surface area contributed by atoms with Gasteiger partial charge in [-0.3, -0.25) is 14.5 Å². The fraction of sp³-hybridized carbons (Fsp3) is 0.400. The summed E-state index contributed by atoms with van der Waals surface area (Å²) < 4.78 is 5.46. The van der Waals surface area contributed by atoms with E-state index in [1.165, 1.54) is 0 Å². The van der Waals surface area contributed by atoms with Crippen molar-refractivity contribution in [2.45, 2.75) is 20.3 Å². The SMILES string of the molecule is Cc1cc(C(=O)N2CCN(CCC(=O)Nc3ccccc3)CC2)c(C)o1. The minimum Gasteiger partial charge on any atom is -0.466 e. The van der Waals surface area contributed by atoms with Crippen LogP contribution in [0.3, 0.4) is 0 Å². The second kappa shape index (κ2) is 8.19. The molecule has 1 aromatic carbocycles. The first-order valence-electron chi connectivity index (χ1n) is 8.96. The Kier molecular flexibility index (Phi) is 5.73. The van der Waals surface area contributed by atoms with Crippen LogP contribution in [0.2, 0.25) is 0 Å². The predicted molar refractivity (Wildman–Crippen MR) is 100 cm³/mol. The molecule has 6 heteroatoms. The van der Waals surface area contributed by atoms with E-state index in [0.717, 1.165) is 24.5 Å². The van der Waals surface area contributed by atoms with Crippen molar-refractivity contribution >= 4 is 17.5 Å². The number of hydrogen-bond acceptors (Lipinski definition) is 4. The first-order valence-corrected chi connectivity index (χ1v) is 8.96. The van der Waals surface area contributed by atoms with E-state index in [-0.39, 0.29) is 11.8 Å². The number of nitrogens with one attached hydrogen (secondary N) is 1. The number of aryl methyl sites for hydroxylation is 2. The molecule has 0 aliphatic carbocycles. The molecule has 138 valence electrons. The van der Waals surface area contributed by atoms with E-state index in [1.807, 2.05) is 49.1 Å². The summed E-state index contributed by atoms with van der Waals surface area (Å²) in [5.41, 5.74) is 1.47. The number of hydrogen-bond donors (Lipinski definition) is 1. The zero-order valence-electron chi connectivity index (χ0n) is 15.3. The van der Waals surface area contributed by atoms with Gasteiger partial charge in [-0.15, -0.1) is 0 Å². The second-order valence-corrected chi connectivity index (χ2v) is 6.62. The molecule has 0 spiro atoms. The summed E-state index contributed by atoms with van der Waals surface area (Å²) >= 11 is 0. The summed E-state index contributed by atoms with van der Waals surface area (Å²) in [7, 11) is 0. The molecule has 26 heavy (non-hydrogen) atoms. The van der Waals surface area contributed by atoms with E-state index in [9.17, 15) is 9.59 Å². The lowest BCUT2D eigenvalue weighted by Crippen LogP contribution is -2.49. The largest absolute Gasteiger partial charge is 0.466 e. The Morgan fingerprint density at radius 1 is 1.08 bits per heavy atom. The molecule has 1 aromatic heterocycles. The van der Waals surface area contributed by atoms with Gasteiger partial charge in [0.2, 0.25) is 5.91 Å². The van der Waals surface area contributed by atoms with Gasteiger partial charge in [-0.1, -0.05) is 18.2 Å². The van der Waals surface area contributed by atoms with Gasteiger partial charge in [0.25, 0.3) is 5.91 Å². The van der Waals surface area contributed by atoms with Crippen LogP contribution in [0.15, 0.2) is 40.8 Å². The fourth-order valence-electron chi connectivity index (χ4n) is 3.19. The molecular formula is C20H25N3O3. The lowest BCUT2D eigenvalue weighted by molar-refractivity contribution is -0.116. The third-order valence-corrected chi connectivity index (χ3v) is 4.64. The number of benzene rings is 1. The van der Waals surface area contributed by atoms with Crippen LogP contribution in [-0.4, -0.2) is 54.3 Å². The van der Waals surface area contributed by atoms with Crippen LogP contribution < -0.4 is 5.32 Å². The Bertz CT molecular complexity index is 762. The third kappa shape index (κ3) is 4.52. The molecule has 2 heterocycles. The van der Waals surface area contributed by atoms with Crippen molar-refractivity contribution in [1.82, 2.24) is 9.80 Å². The number of rotatable bonds is 5. The Hall–Kier alpha value is -2.60. The zero-order chi connectivity index (χ0) is 18.5. The Balaban J connectivity index is 1.43. The molecule has 0 atom stereocenters. The highest BCUT2D eigenvalue weighted by Crippen LogP contribution is 2.17. The van der Waals surface area contributed by atoms with Gasteiger partial charge in [-0.05, 0) is 32.0 Å². The van der Waals surface area contributed by atoms with Gasteiger partial charge in [0.1, 0.15) is 11.5 Å². The van der Waals surface area contributed by atoms with Crippen molar-refractivity contribution in [1.29, 1.82) is 0 Å². The maximum absolute atomic E-state index is 12.6. The summed E-state index contributed by atoms with van der Waals surface area (Å²) in [6, 6.07) is 11.3. The molecule has 1 fully saturated rings. The van der Waals surface area contributed by atoms with Crippen molar-refractivity contribution in [3.8, 4) is 0 Å². The number of carbonyl (C=O) groups excluding carboxylic acids is 2. The summed E-state index contributed by atoms with van der Waals surface area (Å²) in [6.45, 7) is 7.26. The van der Waals surface area contributed by atoms with Crippen LogP contribution in [0.25, 0.3) is 0 Å². The first kappa shape index (κ1) is 18.2. The Labute approximate surface area is 153 Å². The quantitative estimate of drug-likeness (QED) is 0.896. The highest BCUT2D eigenvalue weighted by Gasteiger charge is 2.24. The average Bonchev–Trinajstić information content (AvgIpc) is 2.99. The third-order valence-electron chi connectivity index (χ3n) is 4.64. The number of carbonyl (C=O) groups is 2. The molecule has 2 aromatic rings. The molecule has 0 unspecified atom stereocenters. The Morgan fingerprint density at radius 3 is 2.38 bits per heavy atom. The summed E-state index contributed by atoms with van der Waals surface area (Å²) in [5, 5.41) is 2.90. The van der Waals surface area contributed by atoms with Gasteiger partial charge in [0.05, 0.1) is 5.56 Å². The normalized spacial score (nSPS) is 15.1. The predicted octanol–water partition coefficient (Wildman–Crippen LogP) is 2.68. The Morgan fingerprint density at radius 2 is 1.77 bits per heavy atom. The van der Waals surface area contributed by atoms with Gasteiger partial charge in [-0.2, -0.15) is 0 Å². The molecule has 3 rings (SSSR count). The van der Waals surface area contributed by atoms with Crippen LogP contribution >= 0.6 is 0 Å². The van der Waals surface area contributed by atoms with Crippen molar-refractivity contribution < 1.29 is 14.0 Å². The number of para-hydroxylation sites is 1. The molecular weight excluding hydrogens is 330 g/mol. The number of piperazine rings is 1. The monoisotopic (exact) mass is 355 g/mol. The van der Waals surface area contributed by atoms with Crippen molar-refractivity contribution in [2.75, 3.05) is 38.0 Å². The maximum Gasteiger partial charge on any atom is 0.257 e. The molecule has 1 aliphatic heterocycles. The topological polar surface area (TPSA) is 65.8 Å². The number of amides is 2. The van der Waals surface area contributed by atoms with Crippen LogP contribution in [0.4, 0.5) is 5.69 Å². The average molecular weight is 355 g/mol. The molecule has 0 bridgehead atoms. The van der Waals surface area contributed by atoms with E-state index in [4.69, 9.17) is 4.42 Å². The molecule has 0 saturated carbocycles. The van der Waals surface area contributed by atoms with E-state index >= 15 is 0 Å². The fourth-order valence-corrected chi connectivity index (χ4v) is 3.19. The standard InChI is InChI=1S/C20H25N3O3/c1-15-14-18(16(2)26-15)20(25)23-12-10-22(11-13-23)9-8-19(24)21-17-6-4-3-5-7-17/h3-7,14H,8-13H2,1-2H3,(H,21,24). The van der Waals surface area contributed by atoms with Crippen molar-refractivity contribution in [3.05, 3.63) is 53.5 Å². The molecule has 0 radical (unpaired) electrons. The van der Waals surface area contributed by atoms with Gasteiger partial charge >= 0.3 is 0 Å². The van der Waals surface area contributed by atoms with E-state index < -0.39 is 0 Å². The second-order valence-electron chi connectivity index (χ2n) is 6.62. The minimum absolute atomic E-state index is 0.0132. The van der Waals surface area contributed by atoms with Gasteiger partial charge in [0.15, 0.2) is 0 Å². The summed E-state index contributed by atoms with van der Waals surface area (Å²) in [4.78, 5) is 28.7. The van der Waals surface area contributed by atoms with Crippen LogP contribution in [0, 0.1) is 13.8 Å². The molecule has 1 aliphatic rings. The summed E-state index contributed by atoms with van der Waals surface area (Å²) in [5.74, 6) is 1.47. The van der Waals surface area contributed by atoms with Crippen LogP contribution in [0.1, 0.15) is 28.3 Å². The highest BCUT2D eigenvalue weighted by molar-refractivity contribution is 5.95. The van der Waals surface area contributed by atoms with E-state index in [1.54, 1.807) is 6.07 Å². The lowest BCUT2D eigenvalue weighted by Gasteiger charge is -2.34. The molecule has 2 amide bonds. The van der Waals surface area contributed by atoms with E-state index in [2.05, 4.69) is 10.2 Å². The first-order chi connectivity index (χ1) is 12.5. The minimum atomic E-state index is 0.0132. The smallest absolute Gasteiger partial charge is 0.257 e. The van der Waals surface area contributed by atoms with Gasteiger partial charge in [0, 0.05) is 44.8 Å². The van der Waals surface area contributed by atoms with Crippen molar-refractivity contribution in [2.24, 2.45) is 0 Å². The number of nitrogens with zero attached hydrogens (tertiary/aromatic N) is 2. The van der Waals surface area contributed by atoms with Crippen LogP contribution in [-0.2, 0) is 4.79 Å².